The Balaban J connectivity index is 1.47. The molecule has 6 nitrogen and oxygen atoms in total. The molecule has 2 amide bonds. The number of halogens is 1. The van der Waals surface area contributed by atoms with E-state index in [0.717, 1.165) is 0 Å². The third kappa shape index (κ3) is 5.04. The summed E-state index contributed by atoms with van der Waals surface area (Å²) in [6.07, 6.45) is 0. The number of hydrogen-bond acceptors (Lipinski definition) is 4. The van der Waals surface area contributed by atoms with E-state index in [4.69, 9.17) is 4.74 Å². The molecular weight excluding hydrogens is 349 g/mol. The number of carbonyl (C=O) groups excluding carboxylic acids is 2. The number of rotatable bonds is 5. The van der Waals surface area contributed by atoms with E-state index in [9.17, 15) is 14.0 Å². The van der Waals surface area contributed by atoms with Gasteiger partial charge in [0.05, 0.1) is 13.7 Å². The van der Waals surface area contributed by atoms with Crippen LogP contribution >= 0.6 is 0 Å². The smallest absolute Gasteiger partial charge is 0.253 e. The van der Waals surface area contributed by atoms with E-state index in [1.807, 2.05) is 4.90 Å². The molecule has 0 radical (unpaired) electrons. The summed E-state index contributed by atoms with van der Waals surface area (Å²) in [4.78, 5) is 28.5. The predicted molar refractivity (Wildman–Crippen MR) is 100 cm³/mol. The molecule has 27 heavy (non-hydrogen) atoms. The maximum Gasteiger partial charge on any atom is 0.253 e. The number of hydrogen-bond donors (Lipinski definition) is 1. The number of nitrogens with zero attached hydrogens (tertiary/aromatic N) is 2. The molecule has 1 N–H and O–H groups in total. The molecule has 2 aromatic carbocycles. The van der Waals surface area contributed by atoms with Gasteiger partial charge in [0.2, 0.25) is 5.91 Å². The molecule has 0 spiro atoms. The Labute approximate surface area is 157 Å². The Bertz CT molecular complexity index is 785. The molecule has 0 atom stereocenters. The molecule has 0 saturated carbocycles. The van der Waals surface area contributed by atoms with E-state index in [1.54, 1.807) is 36.3 Å². The summed E-state index contributed by atoms with van der Waals surface area (Å²) in [7, 11) is 1.59. The van der Waals surface area contributed by atoms with Crippen LogP contribution in [0.15, 0.2) is 48.5 Å². The second kappa shape index (κ2) is 8.64. The molecule has 0 aliphatic carbocycles. The maximum absolute atomic E-state index is 12.9. The highest BCUT2D eigenvalue weighted by molar-refractivity contribution is 5.94. The van der Waals surface area contributed by atoms with Gasteiger partial charge >= 0.3 is 0 Å². The van der Waals surface area contributed by atoms with E-state index >= 15 is 0 Å². The molecule has 1 aliphatic heterocycles. The molecule has 0 aromatic heterocycles. The molecule has 1 aliphatic rings. The van der Waals surface area contributed by atoms with Gasteiger partial charge in [0, 0.05) is 37.4 Å². The highest BCUT2D eigenvalue weighted by Crippen LogP contribution is 2.14. The molecule has 1 fully saturated rings. The van der Waals surface area contributed by atoms with Crippen molar-refractivity contribution in [3.8, 4) is 5.75 Å². The topological polar surface area (TPSA) is 61.9 Å². The van der Waals surface area contributed by atoms with Crippen LogP contribution in [0.2, 0.25) is 0 Å². The van der Waals surface area contributed by atoms with Crippen LogP contribution in [0.1, 0.15) is 10.4 Å². The Kier molecular flexibility index (Phi) is 6.03. The molecule has 2 aromatic rings. The maximum atomic E-state index is 12.9. The van der Waals surface area contributed by atoms with Gasteiger partial charge in [-0.15, -0.1) is 0 Å². The third-order valence-electron chi connectivity index (χ3n) is 4.49. The van der Waals surface area contributed by atoms with Gasteiger partial charge in [0.1, 0.15) is 11.6 Å². The monoisotopic (exact) mass is 371 g/mol. The van der Waals surface area contributed by atoms with Gasteiger partial charge in [-0.3, -0.25) is 14.5 Å². The molecule has 3 rings (SSSR count). The normalized spacial score (nSPS) is 14.7. The zero-order valence-corrected chi connectivity index (χ0v) is 15.2. The minimum atomic E-state index is -0.342. The van der Waals surface area contributed by atoms with E-state index in [1.165, 1.54) is 24.3 Å². The van der Waals surface area contributed by atoms with Crippen molar-refractivity contribution >= 4 is 17.5 Å². The fraction of sp³-hybridized carbons (Fsp3) is 0.300. The minimum Gasteiger partial charge on any atom is -0.497 e. The Hall–Kier alpha value is -2.93. The van der Waals surface area contributed by atoms with Gasteiger partial charge in [0.25, 0.3) is 5.91 Å². The van der Waals surface area contributed by atoms with E-state index in [2.05, 4.69) is 5.32 Å². The first kappa shape index (κ1) is 18.8. The summed E-state index contributed by atoms with van der Waals surface area (Å²) in [6, 6.07) is 12.7. The van der Waals surface area contributed by atoms with Crippen LogP contribution in [0.3, 0.4) is 0 Å². The number of ether oxygens (including phenoxy) is 1. The number of nitrogens with one attached hydrogen (secondary N) is 1. The summed E-state index contributed by atoms with van der Waals surface area (Å²) in [6.45, 7) is 2.61. The van der Waals surface area contributed by atoms with Crippen molar-refractivity contribution in [3.63, 3.8) is 0 Å². The lowest BCUT2D eigenvalue weighted by Crippen LogP contribution is -2.50. The first-order valence-electron chi connectivity index (χ1n) is 8.76. The Morgan fingerprint density at radius 1 is 1.00 bits per heavy atom. The van der Waals surface area contributed by atoms with Crippen LogP contribution in [-0.2, 0) is 4.79 Å². The van der Waals surface area contributed by atoms with Gasteiger partial charge in [-0.05, 0) is 48.5 Å². The standard InChI is InChI=1S/C20H22FN3O3/c1-27-18-8-2-15(3-9-18)20(26)24-12-10-23(11-13-24)14-19(25)22-17-6-4-16(21)5-7-17/h2-9H,10-14H2,1H3,(H,22,25). The molecule has 7 heteroatoms. The van der Waals surface area contributed by atoms with Crippen molar-refractivity contribution in [2.45, 2.75) is 0 Å². The summed E-state index contributed by atoms with van der Waals surface area (Å²) in [5.41, 5.74) is 1.19. The number of carbonyl (C=O) groups is 2. The van der Waals surface area contributed by atoms with Gasteiger partial charge in [-0.1, -0.05) is 0 Å². The SMILES string of the molecule is COc1ccc(C(=O)N2CCN(CC(=O)Nc3ccc(F)cc3)CC2)cc1. The van der Waals surface area contributed by atoms with Gasteiger partial charge in [-0.25, -0.2) is 4.39 Å². The number of piperazine rings is 1. The van der Waals surface area contributed by atoms with Crippen LogP contribution in [0.4, 0.5) is 10.1 Å². The molecule has 1 saturated heterocycles. The zero-order valence-electron chi connectivity index (χ0n) is 15.2. The van der Waals surface area contributed by atoms with E-state index in [-0.39, 0.29) is 24.2 Å². The van der Waals surface area contributed by atoms with Gasteiger partial charge in [-0.2, -0.15) is 0 Å². The predicted octanol–water partition coefficient (Wildman–Crippen LogP) is 2.23. The van der Waals surface area contributed by atoms with Crippen molar-refractivity contribution in [2.75, 3.05) is 45.2 Å². The number of anilines is 1. The first-order valence-corrected chi connectivity index (χ1v) is 8.76. The van der Waals surface area contributed by atoms with Crippen molar-refractivity contribution in [1.82, 2.24) is 9.80 Å². The second-order valence-electron chi connectivity index (χ2n) is 6.35. The summed E-state index contributed by atoms with van der Waals surface area (Å²) in [5, 5.41) is 2.75. The van der Waals surface area contributed by atoms with Gasteiger partial charge < -0.3 is 15.0 Å². The quantitative estimate of drug-likeness (QED) is 0.876. The number of benzene rings is 2. The summed E-state index contributed by atoms with van der Waals surface area (Å²) < 4.78 is 18.0. The van der Waals surface area contributed by atoms with Crippen molar-refractivity contribution in [2.24, 2.45) is 0 Å². The third-order valence-corrected chi connectivity index (χ3v) is 4.49. The second-order valence-corrected chi connectivity index (χ2v) is 6.35. The zero-order chi connectivity index (χ0) is 19.2. The van der Waals surface area contributed by atoms with Gasteiger partial charge in [0.15, 0.2) is 0 Å². The largest absolute Gasteiger partial charge is 0.497 e. The first-order chi connectivity index (χ1) is 13.0. The number of methoxy groups -OCH3 is 1. The molecular formula is C20H22FN3O3. The number of amides is 2. The molecule has 1 heterocycles. The van der Waals surface area contributed by atoms with E-state index in [0.29, 0.717) is 43.2 Å². The summed E-state index contributed by atoms with van der Waals surface area (Å²) in [5.74, 6) is 0.193. The van der Waals surface area contributed by atoms with Crippen LogP contribution < -0.4 is 10.1 Å². The lowest BCUT2D eigenvalue weighted by Gasteiger charge is -2.34. The van der Waals surface area contributed by atoms with Crippen LogP contribution in [-0.4, -0.2) is 61.4 Å². The van der Waals surface area contributed by atoms with Crippen LogP contribution in [0.5, 0.6) is 5.75 Å². The van der Waals surface area contributed by atoms with Crippen molar-refractivity contribution in [1.29, 1.82) is 0 Å². The average Bonchev–Trinajstić information content (AvgIpc) is 2.70. The Morgan fingerprint density at radius 2 is 1.63 bits per heavy atom. The lowest BCUT2D eigenvalue weighted by atomic mass is 10.1. The average molecular weight is 371 g/mol. The Morgan fingerprint density at radius 3 is 2.22 bits per heavy atom. The van der Waals surface area contributed by atoms with Crippen molar-refractivity contribution < 1.29 is 18.7 Å². The molecule has 0 bridgehead atoms. The lowest BCUT2D eigenvalue weighted by molar-refractivity contribution is -0.117. The fourth-order valence-electron chi connectivity index (χ4n) is 2.96. The van der Waals surface area contributed by atoms with Crippen LogP contribution in [0, 0.1) is 5.82 Å². The highest BCUT2D eigenvalue weighted by Gasteiger charge is 2.23. The van der Waals surface area contributed by atoms with E-state index < -0.39 is 0 Å². The molecule has 0 unspecified atom stereocenters. The summed E-state index contributed by atoms with van der Waals surface area (Å²) >= 11 is 0. The van der Waals surface area contributed by atoms with Crippen molar-refractivity contribution in [3.05, 3.63) is 59.9 Å². The fourth-order valence-corrected chi connectivity index (χ4v) is 2.96. The minimum absolute atomic E-state index is 0.0203. The highest BCUT2D eigenvalue weighted by atomic mass is 19.1. The van der Waals surface area contributed by atoms with Crippen LogP contribution in [0.25, 0.3) is 0 Å². The molecule has 142 valence electrons.